The first-order chi connectivity index (χ1) is 14.0. The molecule has 3 aromatic carbocycles. The fraction of sp³-hybridized carbons (Fsp3) is 0.167. The number of ketones is 1. The topological polar surface area (TPSA) is 65.7 Å². The lowest BCUT2D eigenvalue weighted by Crippen LogP contribution is -2.24. The van der Waals surface area contributed by atoms with Gasteiger partial charge in [0.2, 0.25) is 5.78 Å². The Morgan fingerprint density at radius 3 is 2.41 bits per heavy atom. The van der Waals surface area contributed by atoms with Gasteiger partial charge in [-0.3, -0.25) is 4.79 Å². The van der Waals surface area contributed by atoms with Gasteiger partial charge in [-0.1, -0.05) is 30.3 Å². The molecule has 146 valence electrons. The molecule has 4 aromatic rings. The van der Waals surface area contributed by atoms with Gasteiger partial charge in [0, 0.05) is 21.9 Å². The SMILES string of the molecule is COc1ccc2c(c1)c(=O)oc1c(C)c(OC(C)C(=O)c3ccccc3)ccc12. The monoisotopic (exact) mass is 388 g/mol. The van der Waals surface area contributed by atoms with Gasteiger partial charge in [-0.05, 0) is 44.2 Å². The number of aryl methyl sites for hydroxylation is 1. The normalized spacial score (nSPS) is 12.1. The molecule has 0 aliphatic rings. The van der Waals surface area contributed by atoms with Crippen LogP contribution in [0.5, 0.6) is 11.5 Å². The number of benzene rings is 3. The van der Waals surface area contributed by atoms with E-state index in [4.69, 9.17) is 13.9 Å². The smallest absolute Gasteiger partial charge is 0.344 e. The van der Waals surface area contributed by atoms with Crippen molar-refractivity contribution in [3.8, 4) is 11.5 Å². The molecule has 0 aliphatic heterocycles. The second kappa shape index (κ2) is 7.43. The van der Waals surface area contributed by atoms with E-state index in [2.05, 4.69) is 0 Å². The largest absolute Gasteiger partial charge is 0.497 e. The molecule has 4 rings (SSSR count). The first-order valence-electron chi connectivity index (χ1n) is 9.29. The molecule has 0 N–H and O–H groups in total. The number of carbonyl (C=O) groups is 1. The van der Waals surface area contributed by atoms with E-state index >= 15 is 0 Å². The van der Waals surface area contributed by atoms with E-state index in [1.54, 1.807) is 38.3 Å². The number of hydrogen-bond acceptors (Lipinski definition) is 5. The van der Waals surface area contributed by atoms with Crippen LogP contribution >= 0.6 is 0 Å². The summed E-state index contributed by atoms with van der Waals surface area (Å²) in [5, 5.41) is 2.03. The summed E-state index contributed by atoms with van der Waals surface area (Å²) >= 11 is 0. The minimum Gasteiger partial charge on any atom is -0.497 e. The number of rotatable bonds is 5. The molecule has 0 fully saturated rings. The highest BCUT2D eigenvalue weighted by Crippen LogP contribution is 2.32. The fourth-order valence-electron chi connectivity index (χ4n) is 3.43. The molecule has 0 saturated carbocycles. The highest BCUT2D eigenvalue weighted by Gasteiger charge is 2.19. The summed E-state index contributed by atoms with van der Waals surface area (Å²) in [7, 11) is 1.55. The highest BCUT2D eigenvalue weighted by molar-refractivity contribution is 6.06. The quantitative estimate of drug-likeness (QED) is 0.276. The van der Waals surface area contributed by atoms with Crippen LogP contribution in [0.25, 0.3) is 21.7 Å². The average Bonchev–Trinajstić information content (AvgIpc) is 2.76. The maximum Gasteiger partial charge on any atom is 0.344 e. The van der Waals surface area contributed by atoms with Crippen molar-refractivity contribution in [3.63, 3.8) is 0 Å². The molecule has 0 radical (unpaired) electrons. The number of methoxy groups -OCH3 is 1. The van der Waals surface area contributed by atoms with Gasteiger partial charge < -0.3 is 13.9 Å². The van der Waals surface area contributed by atoms with Crippen LogP contribution in [0.4, 0.5) is 0 Å². The molecular formula is C24H20O5. The zero-order chi connectivity index (χ0) is 20.5. The van der Waals surface area contributed by atoms with Crippen LogP contribution in [0, 0.1) is 6.92 Å². The predicted molar refractivity (Wildman–Crippen MR) is 112 cm³/mol. The first-order valence-corrected chi connectivity index (χ1v) is 9.29. The van der Waals surface area contributed by atoms with Gasteiger partial charge >= 0.3 is 5.63 Å². The van der Waals surface area contributed by atoms with Crippen molar-refractivity contribution in [2.75, 3.05) is 7.11 Å². The third kappa shape index (κ3) is 3.36. The van der Waals surface area contributed by atoms with Crippen LogP contribution in [-0.2, 0) is 0 Å². The van der Waals surface area contributed by atoms with E-state index in [0.717, 1.165) is 10.8 Å². The van der Waals surface area contributed by atoms with Crippen molar-refractivity contribution in [1.82, 2.24) is 0 Å². The van der Waals surface area contributed by atoms with Gasteiger partial charge in [0.25, 0.3) is 0 Å². The summed E-state index contributed by atoms with van der Waals surface area (Å²) < 4.78 is 16.7. The molecule has 0 amide bonds. The maximum atomic E-state index is 12.6. The van der Waals surface area contributed by atoms with E-state index in [-0.39, 0.29) is 5.78 Å². The van der Waals surface area contributed by atoms with Gasteiger partial charge in [0.05, 0.1) is 12.5 Å². The summed E-state index contributed by atoms with van der Waals surface area (Å²) in [5.74, 6) is 0.983. The molecule has 1 aromatic heterocycles. The molecule has 5 nitrogen and oxygen atoms in total. The standard InChI is InChI=1S/C24H20O5/c1-14-21(28-15(2)22(25)16-7-5-4-6-8-16)12-11-19-18-10-9-17(27-3)13-20(18)24(26)29-23(14)19/h4-13,15H,1-3H3. The number of ether oxygens (including phenoxy) is 2. The lowest BCUT2D eigenvalue weighted by molar-refractivity contribution is 0.0817. The minimum atomic E-state index is -0.676. The highest BCUT2D eigenvalue weighted by atomic mass is 16.5. The summed E-state index contributed by atoms with van der Waals surface area (Å²) in [6.45, 7) is 3.53. The lowest BCUT2D eigenvalue weighted by atomic mass is 10.0. The number of hydrogen-bond donors (Lipinski definition) is 0. The van der Waals surface area contributed by atoms with E-state index in [9.17, 15) is 9.59 Å². The van der Waals surface area contributed by atoms with E-state index in [1.165, 1.54) is 0 Å². The minimum absolute atomic E-state index is 0.114. The van der Waals surface area contributed by atoms with Crippen LogP contribution in [0.2, 0.25) is 0 Å². The Morgan fingerprint density at radius 1 is 0.966 bits per heavy atom. The third-order valence-corrected chi connectivity index (χ3v) is 5.02. The fourth-order valence-corrected chi connectivity index (χ4v) is 3.43. The molecule has 0 bridgehead atoms. The third-order valence-electron chi connectivity index (χ3n) is 5.02. The van der Waals surface area contributed by atoms with Gasteiger partial charge in [0.1, 0.15) is 17.1 Å². The van der Waals surface area contributed by atoms with Crippen LogP contribution < -0.4 is 15.1 Å². The number of Topliss-reactive ketones (excluding diaryl/α,β-unsaturated/α-hetero) is 1. The number of carbonyl (C=O) groups excluding carboxylic acids is 1. The van der Waals surface area contributed by atoms with Crippen LogP contribution in [-0.4, -0.2) is 19.0 Å². The number of fused-ring (bicyclic) bond motifs is 3. The summed E-state index contributed by atoms with van der Waals surface area (Å²) in [4.78, 5) is 25.1. The van der Waals surface area contributed by atoms with Crippen molar-refractivity contribution in [3.05, 3.63) is 82.2 Å². The average molecular weight is 388 g/mol. The molecule has 5 heteroatoms. The second-order valence-corrected chi connectivity index (χ2v) is 6.86. The van der Waals surface area contributed by atoms with Crippen LogP contribution in [0.1, 0.15) is 22.8 Å². The van der Waals surface area contributed by atoms with Crippen LogP contribution in [0.3, 0.4) is 0 Å². The molecule has 0 saturated heterocycles. The molecule has 0 spiro atoms. The Hall–Kier alpha value is -3.60. The molecule has 1 heterocycles. The summed E-state index contributed by atoms with van der Waals surface area (Å²) in [5.41, 5.74) is 1.26. The maximum absolute atomic E-state index is 12.6. The van der Waals surface area contributed by atoms with Crippen LogP contribution in [0.15, 0.2) is 69.9 Å². The Kier molecular flexibility index (Phi) is 4.80. The van der Waals surface area contributed by atoms with E-state index in [1.807, 2.05) is 43.3 Å². The van der Waals surface area contributed by atoms with Crippen molar-refractivity contribution < 1.29 is 18.7 Å². The second-order valence-electron chi connectivity index (χ2n) is 6.86. The van der Waals surface area contributed by atoms with Gasteiger partial charge in [0.15, 0.2) is 6.10 Å². The Labute approximate surface area is 167 Å². The zero-order valence-corrected chi connectivity index (χ0v) is 16.4. The van der Waals surface area contributed by atoms with Crippen molar-refractivity contribution in [2.24, 2.45) is 0 Å². The van der Waals surface area contributed by atoms with Gasteiger partial charge in [-0.2, -0.15) is 0 Å². The molecule has 29 heavy (non-hydrogen) atoms. The lowest BCUT2D eigenvalue weighted by Gasteiger charge is -2.16. The van der Waals surface area contributed by atoms with Crippen molar-refractivity contribution >= 4 is 27.5 Å². The molecule has 1 atom stereocenters. The zero-order valence-electron chi connectivity index (χ0n) is 16.4. The van der Waals surface area contributed by atoms with E-state index < -0.39 is 11.7 Å². The Morgan fingerprint density at radius 2 is 1.69 bits per heavy atom. The Balaban J connectivity index is 1.75. The molecule has 0 aliphatic carbocycles. The molecular weight excluding hydrogens is 368 g/mol. The molecule has 1 unspecified atom stereocenters. The predicted octanol–water partition coefficient (Wildman–Crippen LogP) is 4.91. The van der Waals surface area contributed by atoms with Crippen molar-refractivity contribution in [1.29, 1.82) is 0 Å². The van der Waals surface area contributed by atoms with Gasteiger partial charge in [-0.25, -0.2) is 4.79 Å². The van der Waals surface area contributed by atoms with Crippen molar-refractivity contribution in [2.45, 2.75) is 20.0 Å². The first kappa shape index (κ1) is 18.7. The summed E-state index contributed by atoms with van der Waals surface area (Å²) in [6, 6.07) is 18.0. The Bertz CT molecular complexity index is 1270. The van der Waals surface area contributed by atoms with E-state index in [0.29, 0.717) is 33.6 Å². The van der Waals surface area contributed by atoms with Gasteiger partial charge in [-0.15, -0.1) is 0 Å². The summed E-state index contributed by atoms with van der Waals surface area (Å²) in [6.07, 6.45) is -0.676.